The van der Waals surface area contributed by atoms with Crippen LogP contribution in [0.4, 0.5) is 0 Å². The normalized spacial score (nSPS) is 26.2. The van der Waals surface area contributed by atoms with Crippen LogP contribution in [0.25, 0.3) is 0 Å². The highest BCUT2D eigenvalue weighted by atomic mass is 35.5. The minimum absolute atomic E-state index is 0. The van der Waals surface area contributed by atoms with Crippen LogP contribution in [0.2, 0.25) is 0 Å². The summed E-state index contributed by atoms with van der Waals surface area (Å²) in [5, 5.41) is 2.95. The molecule has 6 nitrogen and oxygen atoms in total. The highest BCUT2D eigenvalue weighted by Gasteiger charge is 2.62. The molecule has 1 aliphatic carbocycles. The second kappa shape index (κ2) is 7.40. The number of carbonyl (C=O) groups is 1. The molecule has 1 saturated carbocycles. The Kier molecular flexibility index (Phi) is 5.86. The largest absolute Gasteiger partial charge is 0.486 e. The molecular formula is C18H27ClN2O4. The number of benzene rings is 1. The van der Waals surface area contributed by atoms with Crippen LogP contribution < -0.4 is 20.5 Å². The first-order chi connectivity index (χ1) is 11.4. The molecule has 2 unspecified atom stereocenters. The molecule has 1 aromatic carbocycles. The smallest absolute Gasteiger partial charge is 0.241 e. The summed E-state index contributed by atoms with van der Waals surface area (Å²) < 4.78 is 16.7. The quantitative estimate of drug-likeness (QED) is 0.828. The van der Waals surface area contributed by atoms with Gasteiger partial charge in [0, 0.05) is 25.0 Å². The summed E-state index contributed by atoms with van der Waals surface area (Å²) in [5.41, 5.74) is 6.05. The fourth-order valence-electron chi connectivity index (χ4n) is 3.36. The number of fused-ring (bicyclic) bond motifs is 1. The Balaban J connectivity index is 0.00000225. The Hall–Kier alpha value is -1.50. The number of amides is 1. The van der Waals surface area contributed by atoms with E-state index in [9.17, 15) is 4.79 Å². The lowest BCUT2D eigenvalue weighted by Gasteiger charge is -2.57. The van der Waals surface area contributed by atoms with E-state index >= 15 is 0 Å². The summed E-state index contributed by atoms with van der Waals surface area (Å²) in [5.74, 6) is 1.32. The topological polar surface area (TPSA) is 82.8 Å². The number of nitrogens with one attached hydrogen (secondary N) is 1. The third kappa shape index (κ3) is 3.43. The minimum atomic E-state index is -0.902. The lowest BCUT2D eigenvalue weighted by atomic mass is 9.54. The predicted molar refractivity (Wildman–Crippen MR) is 97.3 cm³/mol. The maximum atomic E-state index is 12.6. The van der Waals surface area contributed by atoms with Gasteiger partial charge in [0.05, 0.1) is 6.10 Å². The van der Waals surface area contributed by atoms with Crippen molar-refractivity contribution in [2.24, 2.45) is 11.1 Å². The Morgan fingerprint density at radius 3 is 2.64 bits per heavy atom. The van der Waals surface area contributed by atoms with Crippen molar-refractivity contribution in [3.8, 4) is 11.5 Å². The summed E-state index contributed by atoms with van der Waals surface area (Å²) in [6.45, 7) is 8.07. The van der Waals surface area contributed by atoms with Crippen LogP contribution in [-0.4, -0.2) is 37.4 Å². The molecule has 25 heavy (non-hydrogen) atoms. The fourth-order valence-corrected chi connectivity index (χ4v) is 3.36. The first-order valence-electron chi connectivity index (χ1n) is 8.46. The van der Waals surface area contributed by atoms with E-state index in [0.29, 0.717) is 32.8 Å². The molecule has 0 aromatic heterocycles. The Bertz CT molecular complexity index is 638. The molecule has 2 atom stereocenters. The van der Waals surface area contributed by atoms with Crippen molar-refractivity contribution >= 4 is 18.3 Å². The number of nitrogens with two attached hydrogens (primary N) is 1. The Morgan fingerprint density at radius 2 is 2.00 bits per heavy atom. The van der Waals surface area contributed by atoms with Gasteiger partial charge in [-0.3, -0.25) is 4.79 Å². The van der Waals surface area contributed by atoms with Crippen molar-refractivity contribution in [3.05, 3.63) is 23.8 Å². The molecule has 1 aliphatic heterocycles. The van der Waals surface area contributed by atoms with Gasteiger partial charge in [0.25, 0.3) is 0 Å². The molecule has 1 aromatic rings. The first kappa shape index (κ1) is 19.8. The van der Waals surface area contributed by atoms with E-state index in [4.69, 9.17) is 19.9 Å². The lowest BCUT2D eigenvalue weighted by molar-refractivity contribution is -0.170. The molecule has 0 radical (unpaired) electrons. The van der Waals surface area contributed by atoms with Gasteiger partial charge in [-0.15, -0.1) is 12.4 Å². The highest BCUT2D eigenvalue weighted by Crippen LogP contribution is 2.49. The van der Waals surface area contributed by atoms with Crippen LogP contribution in [0.5, 0.6) is 11.5 Å². The second-order valence-corrected chi connectivity index (χ2v) is 7.00. The van der Waals surface area contributed by atoms with Crippen LogP contribution in [0, 0.1) is 5.41 Å². The number of halogens is 1. The third-order valence-electron chi connectivity index (χ3n) is 5.29. The average Bonchev–Trinajstić information content (AvgIpc) is 2.59. The molecule has 1 amide bonds. The molecule has 0 bridgehead atoms. The molecule has 2 aliphatic rings. The van der Waals surface area contributed by atoms with E-state index in [1.165, 1.54) is 0 Å². The van der Waals surface area contributed by atoms with E-state index < -0.39 is 5.54 Å². The average molecular weight is 371 g/mol. The van der Waals surface area contributed by atoms with E-state index in [2.05, 4.69) is 5.32 Å². The minimum Gasteiger partial charge on any atom is -0.486 e. The number of ether oxygens (including phenoxy) is 3. The maximum Gasteiger partial charge on any atom is 0.241 e. The lowest BCUT2D eigenvalue weighted by Crippen LogP contribution is -2.75. The summed E-state index contributed by atoms with van der Waals surface area (Å²) in [6.07, 6.45) is 0.563. The summed E-state index contributed by atoms with van der Waals surface area (Å²) in [6, 6.07) is 5.69. The fraction of sp³-hybridized carbons (Fsp3) is 0.611. The van der Waals surface area contributed by atoms with Crippen molar-refractivity contribution in [2.45, 2.75) is 45.4 Å². The van der Waals surface area contributed by atoms with Crippen molar-refractivity contribution in [1.29, 1.82) is 0 Å². The van der Waals surface area contributed by atoms with Crippen LogP contribution in [0.15, 0.2) is 18.2 Å². The third-order valence-corrected chi connectivity index (χ3v) is 5.29. The van der Waals surface area contributed by atoms with Crippen LogP contribution in [-0.2, 0) is 16.1 Å². The van der Waals surface area contributed by atoms with E-state index in [-0.39, 0.29) is 29.8 Å². The van der Waals surface area contributed by atoms with E-state index in [1.807, 2.05) is 39.0 Å². The van der Waals surface area contributed by atoms with Gasteiger partial charge in [0.15, 0.2) is 11.5 Å². The second-order valence-electron chi connectivity index (χ2n) is 7.00. The van der Waals surface area contributed by atoms with Crippen molar-refractivity contribution in [3.63, 3.8) is 0 Å². The van der Waals surface area contributed by atoms with Crippen molar-refractivity contribution in [1.82, 2.24) is 5.32 Å². The maximum absolute atomic E-state index is 12.6. The monoisotopic (exact) mass is 370 g/mol. The zero-order valence-corrected chi connectivity index (χ0v) is 15.8. The summed E-state index contributed by atoms with van der Waals surface area (Å²) in [7, 11) is 0. The molecule has 140 valence electrons. The highest BCUT2D eigenvalue weighted by molar-refractivity contribution is 5.88. The standard InChI is InChI=1S/C18H26N2O4.ClH/c1-4-22-15-10-18(19,17(15,2)3)16(21)20-11-12-5-6-13-14(9-12)24-8-7-23-13;/h5-6,9,15H,4,7-8,10-11,19H2,1-3H3,(H,20,21);1H. The van der Waals surface area contributed by atoms with Crippen LogP contribution >= 0.6 is 12.4 Å². The predicted octanol–water partition coefficient (Wildman–Crippen LogP) is 2.03. The summed E-state index contributed by atoms with van der Waals surface area (Å²) >= 11 is 0. The van der Waals surface area contributed by atoms with Crippen LogP contribution in [0.1, 0.15) is 32.8 Å². The van der Waals surface area contributed by atoms with Gasteiger partial charge in [0.1, 0.15) is 18.8 Å². The molecular weight excluding hydrogens is 344 g/mol. The van der Waals surface area contributed by atoms with E-state index in [1.54, 1.807) is 0 Å². The molecule has 3 N–H and O–H groups in total. The molecule has 7 heteroatoms. The molecule has 0 saturated heterocycles. The zero-order chi connectivity index (χ0) is 17.4. The van der Waals surface area contributed by atoms with Crippen molar-refractivity contribution < 1.29 is 19.0 Å². The number of hydrogen-bond donors (Lipinski definition) is 2. The van der Waals surface area contributed by atoms with Crippen LogP contribution in [0.3, 0.4) is 0 Å². The molecule has 0 spiro atoms. The number of carbonyl (C=O) groups excluding carboxylic acids is 1. The van der Waals surface area contributed by atoms with Gasteiger partial charge in [0.2, 0.25) is 5.91 Å². The molecule has 1 fully saturated rings. The van der Waals surface area contributed by atoms with Gasteiger partial charge in [-0.05, 0) is 24.6 Å². The summed E-state index contributed by atoms with van der Waals surface area (Å²) in [4.78, 5) is 12.6. The Labute approximate surface area is 154 Å². The number of rotatable bonds is 5. The van der Waals surface area contributed by atoms with E-state index in [0.717, 1.165) is 17.1 Å². The molecule has 1 heterocycles. The molecule has 3 rings (SSSR count). The van der Waals surface area contributed by atoms with Gasteiger partial charge in [-0.1, -0.05) is 19.9 Å². The SMILES string of the molecule is CCOC1CC(N)(C(=O)NCc2ccc3c(c2)OCCO3)C1(C)C.Cl. The van der Waals surface area contributed by atoms with Gasteiger partial charge < -0.3 is 25.3 Å². The number of hydrogen-bond acceptors (Lipinski definition) is 5. The van der Waals surface area contributed by atoms with Crippen molar-refractivity contribution in [2.75, 3.05) is 19.8 Å². The zero-order valence-electron chi connectivity index (χ0n) is 15.0. The van der Waals surface area contributed by atoms with Gasteiger partial charge in [-0.25, -0.2) is 0 Å². The van der Waals surface area contributed by atoms with Gasteiger partial charge >= 0.3 is 0 Å². The van der Waals surface area contributed by atoms with Gasteiger partial charge in [-0.2, -0.15) is 0 Å². The first-order valence-corrected chi connectivity index (χ1v) is 8.46. The Morgan fingerprint density at radius 1 is 1.32 bits per heavy atom.